The first-order valence-corrected chi connectivity index (χ1v) is 7.60. The minimum Gasteiger partial charge on any atom is -0.494 e. The van der Waals surface area contributed by atoms with E-state index in [0.29, 0.717) is 12.2 Å². The minimum absolute atomic E-state index is 0.621. The summed E-state index contributed by atoms with van der Waals surface area (Å²) in [6.07, 6.45) is 0.931. The van der Waals surface area contributed by atoms with Crippen molar-refractivity contribution in [3.05, 3.63) is 35.7 Å². The number of nitrogens with zero attached hydrogens (tertiary/aromatic N) is 3. The molecule has 0 unspecified atom stereocenters. The lowest BCUT2D eigenvalue weighted by atomic mass is 10.2. The van der Waals surface area contributed by atoms with Crippen molar-refractivity contribution in [3.8, 4) is 11.8 Å². The number of hydrogen-bond acceptors (Lipinski definition) is 6. The second kappa shape index (κ2) is 7.12. The van der Waals surface area contributed by atoms with E-state index >= 15 is 0 Å². The van der Waals surface area contributed by atoms with Crippen LogP contribution in [0.2, 0.25) is 0 Å². The maximum Gasteiger partial charge on any atom is 0.170 e. The van der Waals surface area contributed by atoms with Gasteiger partial charge >= 0.3 is 0 Å². The Morgan fingerprint density at radius 3 is 3.11 bits per heavy atom. The Morgan fingerprint density at radius 1 is 1.47 bits per heavy atom. The van der Waals surface area contributed by atoms with Crippen molar-refractivity contribution in [2.45, 2.75) is 17.7 Å². The Hall–Kier alpha value is -1.58. The second-order valence-corrected chi connectivity index (χ2v) is 5.89. The number of ether oxygens (including phenoxy) is 1. The van der Waals surface area contributed by atoms with Gasteiger partial charge in [-0.2, -0.15) is 9.64 Å². The molecule has 1 aromatic carbocycles. The highest BCUT2D eigenvalue weighted by Gasteiger charge is 2.01. The van der Waals surface area contributed by atoms with Gasteiger partial charge in [0.1, 0.15) is 11.6 Å². The van der Waals surface area contributed by atoms with Crippen LogP contribution < -0.4 is 4.74 Å². The summed E-state index contributed by atoms with van der Waals surface area (Å²) < 4.78 is 10.7. The van der Waals surface area contributed by atoms with Crippen LogP contribution in [0.5, 0.6) is 5.75 Å². The SMILES string of the molecule is Cc1nsc(SCCCOc2cccc(C#N)c2)n1. The maximum atomic E-state index is 8.78. The molecule has 0 amide bonds. The van der Waals surface area contributed by atoms with Gasteiger partial charge < -0.3 is 4.74 Å². The zero-order chi connectivity index (χ0) is 13.5. The summed E-state index contributed by atoms with van der Waals surface area (Å²) in [5, 5.41) is 8.78. The molecule has 2 aromatic rings. The van der Waals surface area contributed by atoms with Crippen LogP contribution in [0.4, 0.5) is 0 Å². The van der Waals surface area contributed by atoms with E-state index < -0.39 is 0 Å². The highest BCUT2D eigenvalue weighted by atomic mass is 32.2. The molecule has 0 aliphatic rings. The third-order valence-electron chi connectivity index (χ3n) is 2.26. The molecule has 1 aromatic heterocycles. The van der Waals surface area contributed by atoms with Crippen molar-refractivity contribution in [2.75, 3.05) is 12.4 Å². The van der Waals surface area contributed by atoms with E-state index in [-0.39, 0.29) is 0 Å². The molecule has 4 nitrogen and oxygen atoms in total. The number of hydrogen-bond donors (Lipinski definition) is 0. The molecule has 6 heteroatoms. The van der Waals surface area contributed by atoms with E-state index in [0.717, 1.165) is 28.1 Å². The van der Waals surface area contributed by atoms with Crippen molar-refractivity contribution >= 4 is 23.3 Å². The Labute approximate surface area is 120 Å². The van der Waals surface area contributed by atoms with Gasteiger partial charge in [-0.1, -0.05) is 17.8 Å². The molecule has 0 bridgehead atoms. The predicted octanol–water partition coefficient (Wildman–Crippen LogP) is 3.28. The first-order valence-electron chi connectivity index (χ1n) is 5.84. The van der Waals surface area contributed by atoms with E-state index in [1.165, 1.54) is 11.5 Å². The van der Waals surface area contributed by atoms with Crippen molar-refractivity contribution < 1.29 is 4.74 Å². The lowest BCUT2D eigenvalue weighted by Crippen LogP contribution is -1.98. The quantitative estimate of drug-likeness (QED) is 0.604. The molecule has 0 fully saturated rings. The average molecular weight is 291 g/mol. The molecular weight excluding hydrogens is 278 g/mol. The standard InChI is InChI=1S/C13H13N3OS2/c1-10-15-13(19-16-10)18-7-3-6-17-12-5-2-4-11(8-12)9-14/h2,4-5,8H,3,6-7H2,1H3. The molecule has 0 spiro atoms. The zero-order valence-electron chi connectivity index (χ0n) is 10.5. The fourth-order valence-electron chi connectivity index (χ4n) is 1.40. The molecule has 2 rings (SSSR count). The number of rotatable bonds is 6. The summed E-state index contributed by atoms with van der Waals surface area (Å²) in [6.45, 7) is 2.53. The molecule has 0 saturated carbocycles. The van der Waals surface area contributed by atoms with Gasteiger partial charge in [0, 0.05) is 5.75 Å². The van der Waals surface area contributed by atoms with Crippen molar-refractivity contribution in [1.29, 1.82) is 5.26 Å². The van der Waals surface area contributed by atoms with E-state index in [1.807, 2.05) is 19.1 Å². The van der Waals surface area contributed by atoms with Crippen LogP contribution in [0.3, 0.4) is 0 Å². The van der Waals surface area contributed by atoms with Crippen molar-refractivity contribution in [2.24, 2.45) is 0 Å². The molecule has 0 aliphatic heterocycles. The minimum atomic E-state index is 0.621. The fraction of sp³-hybridized carbons (Fsp3) is 0.308. The molecule has 0 N–H and O–H groups in total. The molecular formula is C13H13N3OS2. The smallest absolute Gasteiger partial charge is 0.170 e. The zero-order valence-corrected chi connectivity index (χ0v) is 12.1. The van der Waals surface area contributed by atoms with Crippen LogP contribution in [0.15, 0.2) is 28.6 Å². The van der Waals surface area contributed by atoms with Crippen LogP contribution in [0, 0.1) is 18.3 Å². The summed E-state index contributed by atoms with van der Waals surface area (Å²) in [7, 11) is 0. The molecule has 1 heterocycles. The second-order valence-electron chi connectivity index (χ2n) is 3.80. The monoisotopic (exact) mass is 291 g/mol. The van der Waals surface area contributed by atoms with Crippen molar-refractivity contribution in [3.63, 3.8) is 0 Å². The highest BCUT2D eigenvalue weighted by molar-refractivity contribution is 8.00. The molecule has 0 saturated heterocycles. The van der Waals surface area contributed by atoms with Gasteiger partial charge in [0.25, 0.3) is 0 Å². The van der Waals surface area contributed by atoms with Crippen LogP contribution in [-0.4, -0.2) is 21.7 Å². The summed E-state index contributed by atoms with van der Waals surface area (Å²) in [5.74, 6) is 2.53. The van der Waals surface area contributed by atoms with Crippen LogP contribution in [0.1, 0.15) is 17.8 Å². The predicted molar refractivity (Wildman–Crippen MR) is 76.6 cm³/mol. The summed E-state index contributed by atoms with van der Waals surface area (Å²) in [6, 6.07) is 9.30. The molecule has 98 valence electrons. The van der Waals surface area contributed by atoms with Crippen LogP contribution >= 0.6 is 23.3 Å². The van der Waals surface area contributed by atoms with Crippen molar-refractivity contribution in [1.82, 2.24) is 9.36 Å². The van der Waals surface area contributed by atoms with E-state index in [1.54, 1.807) is 23.9 Å². The summed E-state index contributed by atoms with van der Waals surface area (Å²) >= 11 is 3.13. The van der Waals surface area contributed by atoms with E-state index in [4.69, 9.17) is 10.00 Å². The Balaban J connectivity index is 1.68. The van der Waals surface area contributed by atoms with Gasteiger partial charge in [0.05, 0.1) is 18.2 Å². The van der Waals surface area contributed by atoms with Gasteiger partial charge in [-0.25, -0.2) is 4.98 Å². The Morgan fingerprint density at radius 2 is 2.37 bits per heavy atom. The number of nitriles is 1. The number of aryl methyl sites for hydroxylation is 1. The maximum absolute atomic E-state index is 8.78. The van der Waals surface area contributed by atoms with Gasteiger partial charge in [-0.15, -0.1) is 0 Å². The third kappa shape index (κ3) is 4.54. The van der Waals surface area contributed by atoms with Gasteiger partial charge in [-0.3, -0.25) is 0 Å². The molecule has 0 atom stereocenters. The lowest BCUT2D eigenvalue weighted by Gasteiger charge is -2.05. The molecule has 19 heavy (non-hydrogen) atoms. The Kier molecular flexibility index (Phi) is 5.19. The summed E-state index contributed by atoms with van der Waals surface area (Å²) in [4.78, 5) is 4.28. The first-order chi connectivity index (χ1) is 9.28. The average Bonchev–Trinajstić information content (AvgIpc) is 2.84. The van der Waals surface area contributed by atoms with Gasteiger partial charge in [0.15, 0.2) is 4.34 Å². The number of aromatic nitrogens is 2. The van der Waals surface area contributed by atoms with Crippen LogP contribution in [0.25, 0.3) is 0 Å². The van der Waals surface area contributed by atoms with Gasteiger partial charge in [0.2, 0.25) is 0 Å². The fourth-order valence-corrected chi connectivity index (χ4v) is 3.03. The number of thioether (sulfide) groups is 1. The highest BCUT2D eigenvalue weighted by Crippen LogP contribution is 2.20. The normalized spacial score (nSPS) is 10.1. The topological polar surface area (TPSA) is 58.8 Å². The number of benzene rings is 1. The summed E-state index contributed by atoms with van der Waals surface area (Å²) in [5.41, 5.74) is 0.621. The van der Waals surface area contributed by atoms with E-state index in [9.17, 15) is 0 Å². The molecule has 0 radical (unpaired) electrons. The first kappa shape index (κ1) is 13.8. The van der Waals surface area contributed by atoms with E-state index in [2.05, 4.69) is 15.4 Å². The third-order valence-corrected chi connectivity index (χ3v) is 4.27. The molecule has 0 aliphatic carbocycles. The lowest BCUT2D eigenvalue weighted by molar-refractivity contribution is 0.318. The Bertz CT molecular complexity index is 577. The van der Waals surface area contributed by atoms with Gasteiger partial charge in [-0.05, 0) is 43.1 Å². The largest absolute Gasteiger partial charge is 0.494 e. The van der Waals surface area contributed by atoms with Crippen LogP contribution in [-0.2, 0) is 0 Å².